The van der Waals surface area contributed by atoms with E-state index in [1.54, 1.807) is 6.20 Å². The summed E-state index contributed by atoms with van der Waals surface area (Å²) in [4.78, 5) is 0. The van der Waals surface area contributed by atoms with Crippen molar-refractivity contribution in [3.8, 4) is 11.3 Å². The lowest BCUT2D eigenvalue weighted by Gasteiger charge is -1.98. The number of hydrogen-bond acceptors (Lipinski definition) is 3. The van der Waals surface area contributed by atoms with Gasteiger partial charge in [0.05, 0.1) is 11.9 Å². The zero-order chi connectivity index (χ0) is 9.10. The monoisotopic (exact) mass is 171 g/mol. The van der Waals surface area contributed by atoms with E-state index in [2.05, 4.69) is 34.5 Å². The number of benzene rings is 1. The van der Waals surface area contributed by atoms with Crippen molar-refractivity contribution >= 4 is 0 Å². The van der Waals surface area contributed by atoms with Crippen molar-refractivity contribution in [3.63, 3.8) is 0 Å². The molecule has 0 atom stereocenters. The average molecular weight is 171 g/mol. The topological polar surface area (TPSA) is 38.7 Å². The van der Waals surface area contributed by atoms with Gasteiger partial charge in [-0.2, -0.15) is 0 Å². The number of aromatic nitrogens is 3. The van der Waals surface area contributed by atoms with E-state index < -0.39 is 0 Å². The van der Waals surface area contributed by atoms with Gasteiger partial charge >= 0.3 is 0 Å². The fourth-order valence-electron chi connectivity index (χ4n) is 1.12. The largest absolute Gasteiger partial charge is 0.139 e. The second kappa shape index (κ2) is 3.31. The molecule has 64 valence electrons. The molecule has 0 N–H and O–H groups in total. The molecule has 3 nitrogen and oxygen atoms in total. The Kier molecular flexibility index (Phi) is 2.00. The smallest absolute Gasteiger partial charge is 0.0963 e. The third-order valence-electron chi connectivity index (χ3n) is 1.85. The van der Waals surface area contributed by atoms with Crippen LogP contribution in [-0.4, -0.2) is 15.4 Å². The zero-order valence-electron chi connectivity index (χ0n) is 7.31. The summed E-state index contributed by atoms with van der Waals surface area (Å²) in [5.74, 6) is 0. The summed E-state index contributed by atoms with van der Waals surface area (Å²) in [7, 11) is 0. The number of aryl methyl sites for hydroxylation is 1. The van der Waals surface area contributed by atoms with Crippen molar-refractivity contribution < 1.29 is 0 Å². The van der Waals surface area contributed by atoms with Crippen LogP contribution in [0.5, 0.6) is 0 Å². The van der Waals surface area contributed by atoms with Gasteiger partial charge in [0.2, 0.25) is 0 Å². The quantitative estimate of drug-likeness (QED) is 0.657. The molecule has 0 aliphatic heterocycles. The molecule has 0 unspecified atom stereocenters. The van der Waals surface area contributed by atoms with Gasteiger partial charge in [-0.25, -0.2) is 0 Å². The van der Waals surface area contributed by atoms with Gasteiger partial charge in [-0.1, -0.05) is 29.8 Å². The van der Waals surface area contributed by atoms with Crippen molar-refractivity contribution in [2.45, 2.75) is 6.92 Å². The van der Waals surface area contributed by atoms with Crippen LogP contribution in [0, 0.1) is 6.92 Å². The van der Waals surface area contributed by atoms with Crippen LogP contribution in [0.15, 0.2) is 36.5 Å². The second-order valence-corrected chi connectivity index (χ2v) is 2.87. The lowest BCUT2D eigenvalue weighted by Crippen LogP contribution is -1.88. The SMILES string of the molecule is Cc1ccc(-c2ccnnn2)cc1. The maximum absolute atomic E-state index is 3.92. The molecule has 1 heterocycles. The molecule has 2 aromatic rings. The molecule has 0 aliphatic carbocycles. The Morgan fingerprint density at radius 1 is 1.00 bits per heavy atom. The van der Waals surface area contributed by atoms with Crippen LogP contribution in [0.4, 0.5) is 0 Å². The first-order valence-electron chi connectivity index (χ1n) is 4.08. The van der Waals surface area contributed by atoms with Crippen LogP contribution < -0.4 is 0 Å². The van der Waals surface area contributed by atoms with Crippen LogP contribution in [0.2, 0.25) is 0 Å². The molecule has 3 heteroatoms. The van der Waals surface area contributed by atoms with Gasteiger partial charge in [-0.15, -0.1) is 10.2 Å². The maximum atomic E-state index is 3.92. The van der Waals surface area contributed by atoms with Crippen LogP contribution in [0.25, 0.3) is 11.3 Å². The van der Waals surface area contributed by atoms with E-state index in [1.165, 1.54) is 5.56 Å². The summed E-state index contributed by atoms with van der Waals surface area (Å²) in [6.45, 7) is 2.06. The molecule has 1 aromatic carbocycles. The molecule has 0 saturated carbocycles. The van der Waals surface area contributed by atoms with E-state index >= 15 is 0 Å². The van der Waals surface area contributed by atoms with E-state index in [0.717, 1.165) is 11.3 Å². The lowest BCUT2D eigenvalue weighted by atomic mass is 10.1. The van der Waals surface area contributed by atoms with Crippen molar-refractivity contribution in [1.29, 1.82) is 0 Å². The third kappa shape index (κ3) is 1.69. The minimum Gasteiger partial charge on any atom is -0.139 e. The summed E-state index contributed by atoms with van der Waals surface area (Å²) < 4.78 is 0. The molecule has 0 fully saturated rings. The standard InChI is InChI=1S/C10H9N3/c1-8-2-4-9(5-3-8)10-6-7-11-13-12-10/h2-7H,1H3. The first-order chi connectivity index (χ1) is 6.36. The highest BCUT2D eigenvalue weighted by molar-refractivity contribution is 5.58. The summed E-state index contributed by atoms with van der Waals surface area (Å²) in [6.07, 6.45) is 1.64. The molecule has 0 aliphatic rings. The second-order valence-electron chi connectivity index (χ2n) is 2.87. The Balaban J connectivity index is 2.42. The molecule has 0 amide bonds. The minimum absolute atomic E-state index is 0.856. The molecule has 2 rings (SSSR count). The zero-order valence-corrected chi connectivity index (χ0v) is 7.31. The molecule has 1 aromatic heterocycles. The predicted molar refractivity (Wildman–Crippen MR) is 50.0 cm³/mol. The third-order valence-corrected chi connectivity index (χ3v) is 1.85. The van der Waals surface area contributed by atoms with Gasteiger partial charge in [0, 0.05) is 5.56 Å². The lowest BCUT2D eigenvalue weighted by molar-refractivity contribution is 0.870. The van der Waals surface area contributed by atoms with Crippen molar-refractivity contribution in [3.05, 3.63) is 42.1 Å². The molecule has 0 saturated heterocycles. The highest BCUT2D eigenvalue weighted by atomic mass is 15.3. The Morgan fingerprint density at radius 3 is 2.38 bits per heavy atom. The van der Waals surface area contributed by atoms with Crippen LogP contribution in [-0.2, 0) is 0 Å². The van der Waals surface area contributed by atoms with E-state index in [-0.39, 0.29) is 0 Å². The number of rotatable bonds is 1. The van der Waals surface area contributed by atoms with E-state index in [1.807, 2.05) is 18.2 Å². The number of nitrogens with zero attached hydrogens (tertiary/aromatic N) is 3. The van der Waals surface area contributed by atoms with Gasteiger partial charge in [0.1, 0.15) is 0 Å². The number of hydrogen-bond donors (Lipinski definition) is 0. The molecule has 0 spiro atoms. The van der Waals surface area contributed by atoms with Gasteiger partial charge in [0.15, 0.2) is 0 Å². The maximum Gasteiger partial charge on any atom is 0.0963 e. The Morgan fingerprint density at radius 2 is 1.77 bits per heavy atom. The minimum atomic E-state index is 0.856. The first-order valence-corrected chi connectivity index (χ1v) is 4.08. The first kappa shape index (κ1) is 7.86. The molecular weight excluding hydrogens is 162 g/mol. The summed E-state index contributed by atoms with van der Waals surface area (Å²) in [5.41, 5.74) is 3.17. The van der Waals surface area contributed by atoms with Gasteiger partial charge in [-0.3, -0.25) is 0 Å². The van der Waals surface area contributed by atoms with Crippen molar-refractivity contribution in [2.24, 2.45) is 0 Å². The Hall–Kier alpha value is -1.77. The van der Waals surface area contributed by atoms with Gasteiger partial charge in [-0.05, 0) is 18.2 Å². The fraction of sp³-hybridized carbons (Fsp3) is 0.100. The molecule has 13 heavy (non-hydrogen) atoms. The Labute approximate surface area is 76.4 Å². The highest BCUT2D eigenvalue weighted by Gasteiger charge is 1.96. The van der Waals surface area contributed by atoms with Gasteiger partial charge in [0.25, 0.3) is 0 Å². The van der Waals surface area contributed by atoms with Crippen LogP contribution in [0.3, 0.4) is 0 Å². The molecule has 0 radical (unpaired) electrons. The fourth-order valence-corrected chi connectivity index (χ4v) is 1.12. The van der Waals surface area contributed by atoms with E-state index in [4.69, 9.17) is 0 Å². The van der Waals surface area contributed by atoms with Crippen molar-refractivity contribution in [2.75, 3.05) is 0 Å². The van der Waals surface area contributed by atoms with E-state index in [0.29, 0.717) is 0 Å². The highest BCUT2D eigenvalue weighted by Crippen LogP contribution is 2.14. The Bertz CT molecular complexity index is 381. The average Bonchev–Trinajstić information content (AvgIpc) is 2.20. The van der Waals surface area contributed by atoms with Crippen LogP contribution in [0.1, 0.15) is 5.56 Å². The molecule has 0 bridgehead atoms. The van der Waals surface area contributed by atoms with Crippen molar-refractivity contribution in [1.82, 2.24) is 15.4 Å². The van der Waals surface area contributed by atoms with Gasteiger partial charge < -0.3 is 0 Å². The summed E-state index contributed by atoms with van der Waals surface area (Å²) in [6, 6.07) is 10.0. The normalized spacial score (nSPS) is 9.92. The summed E-state index contributed by atoms with van der Waals surface area (Å²) in [5, 5.41) is 11.1. The molecular formula is C10H9N3. The van der Waals surface area contributed by atoms with Crippen LogP contribution >= 0.6 is 0 Å². The predicted octanol–water partition coefficient (Wildman–Crippen LogP) is 1.85. The summed E-state index contributed by atoms with van der Waals surface area (Å²) >= 11 is 0. The van der Waals surface area contributed by atoms with E-state index in [9.17, 15) is 0 Å².